The van der Waals surface area contributed by atoms with Gasteiger partial charge in [-0.15, -0.1) is 11.3 Å². The average molecular weight is 179 g/mol. The third-order valence-electron chi connectivity index (χ3n) is 1.54. The molecule has 0 amide bonds. The van der Waals surface area contributed by atoms with E-state index in [0.717, 1.165) is 10.8 Å². The van der Waals surface area contributed by atoms with Crippen LogP contribution in [0.1, 0.15) is 10.6 Å². The van der Waals surface area contributed by atoms with Crippen LogP contribution in [-0.4, -0.2) is 14.5 Å². The van der Waals surface area contributed by atoms with Crippen LogP contribution in [0.2, 0.25) is 0 Å². The molecule has 0 atom stereocenters. The number of imidazole rings is 1. The molecule has 0 aliphatic rings. The largest absolute Gasteiger partial charge is 0.282 e. The van der Waals surface area contributed by atoms with Gasteiger partial charge >= 0.3 is 0 Å². The van der Waals surface area contributed by atoms with Crippen LogP contribution in [0.4, 0.5) is 0 Å². The highest BCUT2D eigenvalue weighted by Crippen LogP contribution is 2.15. The molecular formula is C8H9N3S. The molecule has 2 heterocycles. The second-order valence-electron chi connectivity index (χ2n) is 2.68. The summed E-state index contributed by atoms with van der Waals surface area (Å²) in [6.45, 7) is 4.02. The molecule has 0 spiro atoms. The monoisotopic (exact) mass is 179 g/mol. The highest BCUT2D eigenvalue weighted by Gasteiger charge is 2.00. The van der Waals surface area contributed by atoms with E-state index in [4.69, 9.17) is 0 Å². The topological polar surface area (TPSA) is 30.7 Å². The van der Waals surface area contributed by atoms with Crippen molar-refractivity contribution < 1.29 is 0 Å². The van der Waals surface area contributed by atoms with Gasteiger partial charge in [-0.1, -0.05) is 0 Å². The van der Waals surface area contributed by atoms with Crippen LogP contribution in [0.25, 0.3) is 5.13 Å². The van der Waals surface area contributed by atoms with Gasteiger partial charge in [0.25, 0.3) is 0 Å². The number of thiazole rings is 1. The third kappa shape index (κ3) is 1.25. The first-order valence-electron chi connectivity index (χ1n) is 3.69. The zero-order valence-electron chi connectivity index (χ0n) is 6.98. The first kappa shape index (κ1) is 7.49. The minimum atomic E-state index is 0.980. The van der Waals surface area contributed by atoms with Crippen molar-refractivity contribution in [1.82, 2.24) is 14.5 Å². The van der Waals surface area contributed by atoms with Crippen LogP contribution in [0.5, 0.6) is 0 Å². The van der Waals surface area contributed by atoms with Crippen LogP contribution in [-0.2, 0) is 0 Å². The van der Waals surface area contributed by atoms with Gasteiger partial charge in [0.1, 0.15) is 6.33 Å². The molecule has 0 aliphatic carbocycles. The number of aryl methyl sites for hydroxylation is 2. The molecule has 0 aliphatic heterocycles. The molecule has 0 aromatic carbocycles. The minimum Gasteiger partial charge on any atom is -0.282 e. The van der Waals surface area contributed by atoms with Gasteiger partial charge in [0.15, 0.2) is 5.13 Å². The highest BCUT2D eigenvalue weighted by molar-refractivity contribution is 7.13. The summed E-state index contributed by atoms with van der Waals surface area (Å²) in [7, 11) is 0. The fourth-order valence-corrected chi connectivity index (χ4v) is 1.69. The normalized spacial score (nSPS) is 10.5. The standard InChI is InChI=1S/C8H9N3S/c1-6-4-11(5-10-6)8-9-3-7(2)12-8/h3-5H,1-2H3. The molecule has 0 fully saturated rings. The fraction of sp³-hybridized carbons (Fsp3) is 0.250. The van der Waals surface area contributed by atoms with E-state index < -0.39 is 0 Å². The van der Waals surface area contributed by atoms with Gasteiger partial charge in [0.2, 0.25) is 0 Å². The van der Waals surface area contributed by atoms with Crippen molar-refractivity contribution >= 4 is 11.3 Å². The Bertz CT molecular complexity index is 350. The van der Waals surface area contributed by atoms with E-state index in [1.807, 2.05) is 30.8 Å². The van der Waals surface area contributed by atoms with E-state index >= 15 is 0 Å². The highest BCUT2D eigenvalue weighted by atomic mass is 32.1. The molecule has 0 unspecified atom stereocenters. The van der Waals surface area contributed by atoms with Crippen LogP contribution in [0, 0.1) is 13.8 Å². The van der Waals surface area contributed by atoms with Crippen molar-refractivity contribution in [3.63, 3.8) is 0 Å². The first-order valence-corrected chi connectivity index (χ1v) is 4.51. The molecule has 0 radical (unpaired) electrons. The van der Waals surface area contributed by atoms with Crippen molar-refractivity contribution in [1.29, 1.82) is 0 Å². The molecule has 2 aromatic rings. The molecule has 2 rings (SSSR count). The summed E-state index contributed by atoms with van der Waals surface area (Å²) in [5, 5.41) is 0.980. The van der Waals surface area contributed by atoms with Crippen molar-refractivity contribution in [2.24, 2.45) is 0 Å². The summed E-state index contributed by atoms with van der Waals surface area (Å²) in [5.41, 5.74) is 1.02. The summed E-state index contributed by atoms with van der Waals surface area (Å²) in [4.78, 5) is 9.59. The number of aromatic nitrogens is 3. The maximum Gasteiger partial charge on any atom is 0.194 e. The Labute approximate surface area is 74.7 Å². The SMILES string of the molecule is Cc1cn(-c2ncc(C)s2)cn1. The summed E-state index contributed by atoms with van der Waals surface area (Å²) in [6, 6.07) is 0. The Morgan fingerprint density at radius 1 is 1.33 bits per heavy atom. The van der Waals surface area contributed by atoms with Gasteiger partial charge < -0.3 is 0 Å². The van der Waals surface area contributed by atoms with E-state index in [1.54, 1.807) is 17.7 Å². The number of hydrogen-bond acceptors (Lipinski definition) is 3. The minimum absolute atomic E-state index is 0.980. The molecule has 3 nitrogen and oxygen atoms in total. The van der Waals surface area contributed by atoms with Crippen molar-refractivity contribution in [2.75, 3.05) is 0 Å². The second kappa shape index (κ2) is 2.71. The van der Waals surface area contributed by atoms with E-state index in [0.29, 0.717) is 0 Å². The molecule has 0 N–H and O–H groups in total. The maximum absolute atomic E-state index is 4.24. The first-order chi connectivity index (χ1) is 5.75. The molecule has 2 aromatic heterocycles. The lowest BCUT2D eigenvalue weighted by atomic mass is 10.6. The summed E-state index contributed by atoms with van der Waals surface area (Å²) < 4.78 is 1.94. The fourth-order valence-electron chi connectivity index (χ4n) is 0.988. The van der Waals surface area contributed by atoms with Gasteiger partial charge in [0, 0.05) is 17.3 Å². The summed E-state index contributed by atoms with van der Waals surface area (Å²) in [6.07, 6.45) is 5.63. The summed E-state index contributed by atoms with van der Waals surface area (Å²) in [5.74, 6) is 0. The zero-order chi connectivity index (χ0) is 8.55. The van der Waals surface area contributed by atoms with Gasteiger partial charge in [-0.2, -0.15) is 0 Å². The van der Waals surface area contributed by atoms with E-state index in [2.05, 4.69) is 9.97 Å². The zero-order valence-corrected chi connectivity index (χ0v) is 7.80. The molecule has 62 valence electrons. The lowest BCUT2D eigenvalue weighted by Gasteiger charge is -1.91. The van der Waals surface area contributed by atoms with E-state index in [-0.39, 0.29) is 0 Å². The van der Waals surface area contributed by atoms with Crippen LogP contribution >= 0.6 is 11.3 Å². The quantitative estimate of drug-likeness (QED) is 0.669. The van der Waals surface area contributed by atoms with Crippen LogP contribution in [0.3, 0.4) is 0 Å². The lowest BCUT2D eigenvalue weighted by molar-refractivity contribution is 1.03. The summed E-state index contributed by atoms with van der Waals surface area (Å²) >= 11 is 1.67. The lowest BCUT2D eigenvalue weighted by Crippen LogP contribution is -1.86. The molecule has 12 heavy (non-hydrogen) atoms. The molecule has 0 saturated carbocycles. The average Bonchev–Trinajstić information content (AvgIpc) is 2.58. The predicted octanol–water partition coefficient (Wildman–Crippen LogP) is 1.95. The Hall–Kier alpha value is -1.16. The Kier molecular flexibility index (Phi) is 1.69. The number of nitrogens with zero attached hydrogens (tertiary/aromatic N) is 3. The molecular weight excluding hydrogens is 170 g/mol. The third-order valence-corrected chi connectivity index (χ3v) is 2.47. The Morgan fingerprint density at radius 2 is 2.17 bits per heavy atom. The van der Waals surface area contributed by atoms with Crippen molar-refractivity contribution in [3.8, 4) is 5.13 Å². The van der Waals surface area contributed by atoms with Crippen LogP contribution < -0.4 is 0 Å². The second-order valence-corrected chi connectivity index (χ2v) is 3.89. The predicted molar refractivity (Wildman–Crippen MR) is 48.7 cm³/mol. The Morgan fingerprint density at radius 3 is 2.67 bits per heavy atom. The molecule has 0 saturated heterocycles. The molecule has 4 heteroatoms. The number of rotatable bonds is 1. The van der Waals surface area contributed by atoms with Gasteiger partial charge in [-0.25, -0.2) is 9.97 Å². The van der Waals surface area contributed by atoms with Gasteiger partial charge in [0.05, 0.1) is 5.69 Å². The number of hydrogen-bond donors (Lipinski definition) is 0. The van der Waals surface area contributed by atoms with Gasteiger partial charge in [-0.3, -0.25) is 4.57 Å². The van der Waals surface area contributed by atoms with Crippen molar-refractivity contribution in [2.45, 2.75) is 13.8 Å². The van der Waals surface area contributed by atoms with Crippen LogP contribution in [0.15, 0.2) is 18.7 Å². The van der Waals surface area contributed by atoms with E-state index in [9.17, 15) is 0 Å². The van der Waals surface area contributed by atoms with E-state index in [1.165, 1.54) is 4.88 Å². The molecule has 0 bridgehead atoms. The van der Waals surface area contributed by atoms with Crippen molar-refractivity contribution in [3.05, 3.63) is 29.3 Å². The maximum atomic E-state index is 4.24. The Balaban J connectivity index is 2.43. The van der Waals surface area contributed by atoms with Gasteiger partial charge in [-0.05, 0) is 13.8 Å². The smallest absolute Gasteiger partial charge is 0.194 e.